The van der Waals surface area contributed by atoms with Crippen LogP contribution in [0.4, 0.5) is 5.69 Å². The zero-order valence-electron chi connectivity index (χ0n) is 12.5. The minimum Gasteiger partial charge on any atom is -0.371 e. The van der Waals surface area contributed by atoms with Crippen LogP contribution in [0.2, 0.25) is 0 Å². The summed E-state index contributed by atoms with van der Waals surface area (Å²) in [7, 11) is 0. The second-order valence-corrected chi connectivity index (χ2v) is 4.96. The lowest BCUT2D eigenvalue weighted by Gasteiger charge is -2.22. The molecule has 0 aliphatic heterocycles. The molecule has 2 N–H and O–H groups in total. The summed E-state index contributed by atoms with van der Waals surface area (Å²) in [6.07, 6.45) is 2.76. The van der Waals surface area contributed by atoms with E-state index in [4.69, 9.17) is 5.73 Å². The third-order valence-corrected chi connectivity index (χ3v) is 3.74. The maximum Gasteiger partial charge on any atom is 0.268 e. The van der Waals surface area contributed by atoms with E-state index in [0.29, 0.717) is 12.5 Å². The molecule has 0 spiro atoms. The number of hydrogen-bond donors (Lipinski definition) is 1. The highest BCUT2D eigenvalue weighted by Crippen LogP contribution is 2.09. The van der Waals surface area contributed by atoms with Crippen molar-refractivity contribution in [1.82, 2.24) is 9.78 Å². The highest BCUT2D eigenvalue weighted by Gasteiger charge is 2.13. The molecule has 5 heteroatoms. The second-order valence-electron chi connectivity index (χ2n) is 4.96. The van der Waals surface area contributed by atoms with Crippen LogP contribution in [0.5, 0.6) is 0 Å². The predicted molar refractivity (Wildman–Crippen MR) is 79.5 cm³/mol. The van der Waals surface area contributed by atoms with Gasteiger partial charge >= 0.3 is 0 Å². The van der Waals surface area contributed by atoms with E-state index in [1.54, 1.807) is 12.3 Å². The summed E-state index contributed by atoms with van der Waals surface area (Å²) in [6.45, 7) is 10.5. The molecule has 108 valence electrons. The molecule has 1 aromatic heterocycles. The lowest BCUT2D eigenvalue weighted by molar-refractivity contribution is 0.373. The van der Waals surface area contributed by atoms with Crippen LogP contribution in [0.1, 0.15) is 34.1 Å². The topological polar surface area (TPSA) is 64.2 Å². The molecule has 5 nitrogen and oxygen atoms in total. The molecule has 19 heavy (non-hydrogen) atoms. The summed E-state index contributed by atoms with van der Waals surface area (Å²) in [4.78, 5) is 14.1. The fourth-order valence-electron chi connectivity index (χ4n) is 2.01. The maximum atomic E-state index is 12.0. The van der Waals surface area contributed by atoms with E-state index < -0.39 is 0 Å². The molecule has 0 aliphatic rings. The van der Waals surface area contributed by atoms with Crippen molar-refractivity contribution in [2.45, 2.75) is 46.7 Å². The van der Waals surface area contributed by atoms with E-state index in [9.17, 15) is 4.79 Å². The Morgan fingerprint density at radius 3 is 2.47 bits per heavy atom. The Morgan fingerprint density at radius 1 is 1.37 bits per heavy atom. The normalized spacial score (nSPS) is 14.2. The molecule has 1 heterocycles. The molecule has 0 aromatic carbocycles. The van der Waals surface area contributed by atoms with Crippen LogP contribution in [0.25, 0.3) is 0 Å². The van der Waals surface area contributed by atoms with Crippen LogP contribution in [-0.4, -0.2) is 28.9 Å². The van der Waals surface area contributed by atoms with Crippen molar-refractivity contribution in [1.29, 1.82) is 0 Å². The van der Waals surface area contributed by atoms with Gasteiger partial charge in [0.25, 0.3) is 5.56 Å². The zero-order chi connectivity index (χ0) is 14.4. The first-order chi connectivity index (χ1) is 9.03. The summed E-state index contributed by atoms with van der Waals surface area (Å²) in [5.74, 6) is 0.385. The Kier molecular flexibility index (Phi) is 6.02. The highest BCUT2D eigenvalue weighted by molar-refractivity contribution is 5.42. The Bertz CT molecular complexity index is 439. The van der Waals surface area contributed by atoms with Crippen molar-refractivity contribution in [3.63, 3.8) is 0 Å². The summed E-state index contributed by atoms with van der Waals surface area (Å²) < 4.78 is 1.46. The van der Waals surface area contributed by atoms with Crippen LogP contribution in [0, 0.1) is 5.92 Å². The molecule has 0 fully saturated rings. The number of anilines is 1. The van der Waals surface area contributed by atoms with Crippen molar-refractivity contribution in [3.8, 4) is 0 Å². The smallest absolute Gasteiger partial charge is 0.268 e. The maximum absolute atomic E-state index is 12.0. The zero-order valence-corrected chi connectivity index (χ0v) is 12.5. The molecular weight excluding hydrogens is 240 g/mol. The SMILES string of the molecule is CCC(C)C(N)Cn1ncc(N(CC)CC)cc1=O. The number of aromatic nitrogens is 2. The fraction of sp³-hybridized carbons (Fsp3) is 0.714. The Balaban J connectivity index is 2.86. The van der Waals surface area contributed by atoms with Gasteiger partial charge in [-0.25, -0.2) is 4.68 Å². The monoisotopic (exact) mass is 266 g/mol. The van der Waals surface area contributed by atoms with Gasteiger partial charge in [0.05, 0.1) is 18.4 Å². The van der Waals surface area contributed by atoms with Crippen molar-refractivity contribution in [2.24, 2.45) is 11.7 Å². The van der Waals surface area contributed by atoms with Gasteiger partial charge in [0.15, 0.2) is 0 Å². The van der Waals surface area contributed by atoms with Crippen LogP contribution in [0.3, 0.4) is 0 Å². The molecule has 0 amide bonds. The average Bonchev–Trinajstić information content (AvgIpc) is 2.42. The summed E-state index contributed by atoms with van der Waals surface area (Å²) in [6, 6.07) is 1.61. The molecule has 1 aromatic rings. The average molecular weight is 266 g/mol. The molecule has 0 bridgehead atoms. The number of nitrogens with zero attached hydrogens (tertiary/aromatic N) is 3. The lowest BCUT2D eigenvalue weighted by Crippen LogP contribution is -2.38. The Morgan fingerprint density at radius 2 is 2.00 bits per heavy atom. The highest BCUT2D eigenvalue weighted by atomic mass is 16.1. The second kappa shape index (κ2) is 7.28. The van der Waals surface area contributed by atoms with Crippen molar-refractivity contribution >= 4 is 5.69 Å². The van der Waals surface area contributed by atoms with E-state index in [2.05, 4.69) is 37.7 Å². The molecule has 2 unspecified atom stereocenters. The van der Waals surface area contributed by atoms with Gasteiger partial charge in [0.1, 0.15) is 0 Å². The molecule has 0 saturated carbocycles. The third-order valence-electron chi connectivity index (χ3n) is 3.74. The van der Waals surface area contributed by atoms with Gasteiger partial charge in [0, 0.05) is 25.2 Å². The molecule has 0 saturated heterocycles. The first-order valence-corrected chi connectivity index (χ1v) is 7.11. The standard InChI is InChI=1S/C14H26N4O/c1-5-11(4)13(15)10-18-14(19)8-12(9-16-18)17(6-2)7-3/h8-9,11,13H,5-7,10,15H2,1-4H3. The van der Waals surface area contributed by atoms with Gasteiger partial charge in [-0.05, 0) is 19.8 Å². The van der Waals surface area contributed by atoms with Crippen LogP contribution < -0.4 is 16.2 Å². The van der Waals surface area contributed by atoms with E-state index >= 15 is 0 Å². The van der Waals surface area contributed by atoms with Crippen molar-refractivity contribution in [2.75, 3.05) is 18.0 Å². The number of hydrogen-bond acceptors (Lipinski definition) is 4. The first kappa shape index (κ1) is 15.7. The number of nitrogens with two attached hydrogens (primary N) is 1. The first-order valence-electron chi connectivity index (χ1n) is 7.11. The Hall–Kier alpha value is -1.36. The Labute approximate surface area is 115 Å². The quantitative estimate of drug-likeness (QED) is 0.811. The van der Waals surface area contributed by atoms with Crippen LogP contribution >= 0.6 is 0 Å². The van der Waals surface area contributed by atoms with Gasteiger partial charge in [0.2, 0.25) is 0 Å². The largest absolute Gasteiger partial charge is 0.371 e. The van der Waals surface area contributed by atoms with E-state index in [1.165, 1.54) is 4.68 Å². The van der Waals surface area contributed by atoms with Gasteiger partial charge in [-0.3, -0.25) is 4.79 Å². The van der Waals surface area contributed by atoms with E-state index in [0.717, 1.165) is 25.2 Å². The number of rotatable bonds is 7. The van der Waals surface area contributed by atoms with Crippen LogP contribution in [-0.2, 0) is 6.54 Å². The molecule has 2 atom stereocenters. The molecule has 0 aliphatic carbocycles. The van der Waals surface area contributed by atoms with Crippen LogP contribution in [0.15, 0.2) is 17.1 Å². The summed E-state index contributed by atoms with van der Waals surface area (Å²) >= 11 is 0. The van der Waals surface area contributed by atoms with Gasteiger partial charge in [-0.15, -0.1) is 0 Å². The van der Waals surface area contributed by atoms with Crippen molar-refractivity contribution in [3.05, 3.63) is 22.6 Å². The predicted octanol–water partition coefficient (Wildman–Crippen LogP) is 1.46. The molecule has 0 radical (unpaired) electrons. The van der Waals surface area contributed by atoms with Gasteiger partial charge < -0.3 is 10.6 Å². The van der Waals surface area contributed by atoms with E-state index in [-0.39, 0.29) is 11.6 Å². The fourth-order valence-corrected chi connectivity index (χ4v) is 2.01. The van der Waals surface area contributed by atoms with Gasteiger partial charge in [-0.2, -0.15) is 5.10 Å². The van der Waals surface area contributed by atoms with Gasteiger partial charge in [-0.1, -0.05) is 20.3 Å². The summed E-state index contributed by atoms with van der Waals surface area (Å²) in [5.41, 5.74) is 6.87. The van der Waals surface area contributed by atoms with Crippen molar-refractivity contribution < 1.29 is 0 Å². The lowest BCUT2D eigenvalue weighted by atomic mass is 10.0. The minimum atomic E-state index is -0.0804. The summed E-state index contributed by atoms with van der Waals surface area (Å²) in [5, 5.41) is 4.23. The third kappa shape index (κ3) is 4.06. The molecular formula is C14H26N4O. The minimum absolute atomic E-state index is 0.0329. The molecule has 1 rings (SSSR count). The van der Waals surface area contributed by atoms with E-state index in [1.807, 2.05) is 0 Å².